The Kier molecular flexibility index (Phi) is 2.55. The Bertz CT molecular complexity index is 324. The number of carbonyl (C=O) groups excluding carboxylic acids is 1. The molecule has 0 saturated heterocycles. The highest BCUT2D eigenvalue weighted by atomic mass is 16.7. The number of allylic oxidation sites excluding steroid dienone is 3. The molecule has 0 radical (unpaired) electrons. The molecular weight excluding hydrogens is 192 g/mol. The Morgan fingerprint density at radius 1 is 1.40 bits per heavy atom. The SMILES string of the molecule is CC1=C(/C=C\C(C)C2(C=O)CC2)OCO1. The zero-order valence-corrected chi connectivity index (χ0v) is 9.16. The monoisotopic (exact) mass is 208 g/mol. The lowest BCUT2D eigenvalue weighted by molar-refractivity contribution is -0.113. The second-order valence-corrected chi connectivity index (χ2v) is 4.33. The smallest absolute Gasteiger partial charge is 0.230 e. The molecule has 1 aliphatic carbocycles. The van der Waals surface area contributed by atoms with Crippen molar-refractivity contribution in [3.8, 4) is 0 Å². The van der Waals surface area contributed by atoms with Crippen molar-refractivity contribution in [2.75, 3.05) is 6.79 Å². The molecule has 1 aliphatic heterocycles. The molecule has 15 heavy (non-hydrogen) atoms. The molecule has 1 unspecified atom stereocenters. The van der Waals surface area contributed by atoms with Gasteiger partial charge >= 0.3 is 0 Å². The van der Waals surface area contributed by atoms with Gasteiger partial charge in [-0.25, -0.2) is 0 Å². The minimum absolute atomic E-state index is 0.0928. The lowest BCUT2D eigenvalue weighted by atomic mass is 9.92. The fourth-order valence-corrected chi connectivity index (χ4v) is 1.77. The van der Waals surface area contributed by atoms with Crippen LogP contribution in [0.3, 0.4) is 0 Å². The van der Waals surface area contributed by atoms with Crippen molar-refractivity contribution in [2.45, 2.75) is 26.7 Å². The molecule has 1 fully saturated rings. The maximum Gasteiger partial charge on any atom is 0.230 e. The molecule has 1 heterocycles. The van der Waals surface area contributed by atoms with Crippen molar-refractivity contribution < 1.29 is 14.3 Å². The third-order valence-electron chi connectivity index (χ3n) is 3.34. The Balaban J connectivity index is 1.99. The molecule has 0 N–H and O–H groups in total. The summed E-state index contributed by atoms with van der Waals surface area (Å²) in [5, 5.41) is 0. The Morgan fingerprint density at radius 2 is 2.13 bits per heavy atom. The summed E-state index contributed by atoms with van der Waals surface area (Å²) in [6, 6.07) is 0. The van der Waals surface area contributed by atoms with Crippen LogP contribution in [0.15, 0.2) is 23.7 Å². The number of ether oxygens (including phenoxy) is 2. The number of carbonyl (C=O) groups is 1. The van der Waals surface area contributed by atoms with Crippen LogP contribution in [0.5, 0.6) is 0 Å². The van der Waals surface area contributed by atoms with E-state index in [1.54, 1.807) is 0 Å². The molecule has 1 saturated carbocycles. The average Bonchev–Trinajstić information content (AvgIpc) is 2.94. The van der Waals surface area contributed by atoms with Crippen molar-refractivity contribution in [1.29, 1.82) is 0 Å². The Labute approximate surface area is 89.8 Å². The molecule has 0 aromatic carbocycles. The van der Waals surface area contributed by atoms with Crippen molar-refractivity contribution in [3.05, 3.63) is 23.7 Å². The summed E-state index contributed by atoms with van der Waals surface area (Å²) in [5.41, 5.74) is -0.0928. The highest BCUT2D eigenvalue weighted by Crippen LogP contribution is 2.50. The lowest BCUT2D eigenvalue weighted by Gasteiger charge is -2.12. The van der Waals surface area contributed by atoms with Crippen LogP contribution in [0.25, 0.3) is 0 Å². The third kappa shape index (κ3) is 1.91. The van der Waals surface area contributed by atoms with Crippen LogP contribution in [-0.4, -0.2) is 13.1 Å². The maximum absolute atomic E-state index is 10.9. The van der Waals surface area contributed by atoms with Crippen LogP contribution in [0.4, 0.5) is 0 Å². The summed E-state index contributed by atoms with van der Waals surface area (Å²) in [4.78, 5) is 10.9. The zero-order chi connectivity index (χ0) is 10.9. The minimum Gasteiger partial charge on any atom is -0.458 e. The van der Waals surface area contributed by atoms with E-state index in [0.717, 1.165) is 30.6 Å². The molecule has 1 atom stereocenters. The number of hydrogen-bond acceptors (Lipinski definition) is 3. The van der Waals surface area contributed by atoms with Gasteiger partial charge in [-0.05, 0) is 31.8 Å². The molecule has 0 bridgehead atoms. The first-order chi connectivity index (χ1) is 7.18. The largest absolute Gasteiger partial charge is 0.458 e. The van der Waals surface area contributed by atoms with Crippen LogP contribution in [0.1, 0.15) is 26.7 Å². The summed E-state index contributed by atoms with van der Waals surface area (Å²) in [5.74, 6) is 1.87. The number of aldehydes is 1. The molecule has 0 amide bonds. The fraction of sp³-hybridized carbons (Fsp3) is 0.583. The third-order valence-corrected chi connectivity index (χ3v) is 3.34. The topological polar surface area (TPSA) is 35.5 Å². The van der Waals surface area contributed by atoms with Gasteiger partial charge in [-0.3, -0.25) is 0 Å². The summed E-state index contributed by atoms with van der Waals surface area (Å²) < 4.78 is 10.4. The van der Waals surface area contributed by atoms with Gasteiger partial charge < -0.3 is 14.3 Å². The predicted molar refractivity (Wildman–Crippen MR) is 55.8 cm³/mol. The van der Waals surface area contributed by atoms with Crippen molar-refractivity contribution in [2.24, 2.45) is 11.3 Å². The van der Waals surface area contributed by atoms with Gasteiger partial charge in [0.05, 0.1) is 0 Å². The van der Waals surface area contributed by atoms with Gasteiger partial charge in [-0.15, -0.1) is 0 Å². The van der Waals surface area contributed by atoms with Crippen LogP contribution >= 0.6 is 0 Å². The number of hydrogen-bond donors (Lipinski definition) is 0. The van der Waals surface area contributed by atoms with E-state index in [4.69, 9.17) is 9.47 Å². The second-order valence-electron chi connectivity index (χ2n) is 4.33. The van der Waals surface area contributed by atoms with E-state index in [1.807, 2.05) is 19.1 Å². The molecule has 2 aliphatic rings. The zero-order valence-electron chi connectivity index (χ0n) is 9.16. The average molecular weight is 208 g/mol. The van der Waals surface area contributed by atoms with Crippen LogP contribution in [0, 0.1) is 11.3 Å². The van der Waals surface area contributed by atoms with E-state index in [9.17, 15) is 4.79 Å². The quantitative estimate of drug-likeness (QED) is 0.665. The second kappa shape index (κ2) is 3.72. The normalized spacial score (nSPS) is 24.9. The van der Waals surface area contributed by atoms with Gasteiger partial charge in [-0.2, -0.15) is 0 Å². The molecule has 0 spiro atoms. The van der Waals surface area contributed by atoms with Gasteiger partial charge in [-0.1, -0.05) is 13.0 Å². The predicted octanol–water partition coefficient (Wildman–Crippen LogP) is 2.39. The van der Waals surface area contributed by atoms with E-state index in [0.29, 0.717) is 6.79 Å². The van der Waals surface area contributed by atoms with Crippen molar-refractivity contribution >= 4 is 6.29 Å². The van der Waals surface area contributed by atoms with Crippen molar-refractivity contribution in [3.63, 3.8) is 0 Å². The maximum atomic E-state index is 10.9. The summed E-state index contributed by atoms with van der Waals surface area (Å²) >= 11 is 0. The van der Waals surface area contributed by atoms with E-state index in [-0.39, 0.29) is 11.3 Å². The molecule has 82 valence electrons. The summed E-state index contributed by atoms with van der Waals surface area (Å²) in [6.07, 6.45) is 7.07. The van der Waals surface area contributed by atoms with E-state index < -0.39 is 0 Å². The van der Waals surface area contributed by atoms with Gasteiger partial charge in [0.15, 0.2) is 5.76 Å². The van der Waals surface area contributed by atoms with Crippen molar-refractivity contribution in [1.82, 2.24) is 0 Å². The molecule has 0 aromatic heterocycles. The molecule has 3 heteroatoms. The van der Waals surface area contributed by atoms with Gasteiger partial charge in [0.1, 0.15) is 12.0 Å². The molecular formula is C12H16O3. The van der Waals surface area contributed by atoms with E-state index in [1.165, 1.54) is 0 Å². The molecule has 3 nitrogen and oxygen atoms in total. The van der Waals surface area contributed by atoms with Gasteiger partial charge in [0.25, 0.3) is 0 Å². The highest BCUT2D eigenvalue weighted by Gasteiger charge is 2.46. The minimum atomic E-state index is -0.0928. The fourth-order valence-electron chi connectivity index (χ4n) is 1.77. The highest BCUT2D eigenvalue weighted by molar-refractivity contribution is 5.64. The first-order valence-electron chi connectivity index (χ1n) is 5.29. The Hall–Kier alpha value is -1.25. The number of rotatable bonds is 4. The summed E-state index contributed by atoms with van der Waals surface area (Å²) in [6.45, 7) is 4.26. The summed E-state index contributed by atoms with van der Waals surface area (Å²) in [7, 11) is 0. The molecule has 2 rings (SSSR count). The Morgan fingerprint density at radius 3 is 2.60 bits per heavy atom. The van der Waals surface area contributed by atoms with Crippen LogP contribution in [-0.2, 0) is 14.3 Å². The van der Waals surface area contributed by atoms with Crippen LogP contribution in [0.2, 0.25) is 0 Å². The van der Waals surface area contributed by atoms with E-state index in [2.05, 4.69) is 6.92 Å². The van der Waals surface area contributed by atoms with Gasteiger partial charge in [0.2, 0.25) is 6.79 Å². The first kappa shape index (κ1) is 10.3. The van der Waals surface area contributed by atoms with E-state index >= 15 is 0 Å². The standard InChI is InChI=1S/C12H16O3/c1-9(12(7-13)5-6-12)3-4-11-10(2)14-8-15-11/h3-4,7,9H,5-6,8H2,1-2H3/b4-3-. The molecule has 0 aromatic rings. The van der Waals surface area contributed by atoms with Crippen LogP contribution < -0.4 is 0 Å². The first-order valence-corrected chi connectivity index (χ1v) is 5.29. The van der Waals surface area contributed by atoms with Gasteiger partial charge in [0, 0.05) is 5.41 Å². The lowest BCUT2D eigenvalue weighted by Crippen LogP contribution is -2.11.